The van der Waals surface area contributed by atoms with Crippen LogP contribution in [0.15, 0.2) is 30.5 Å². The van der Waals surface area contributed by atoms with Crippen LogP contribution in [0.5, 0.6) is 5.75 Å². The third-order valence-electron chi connectivity index (χ3n) is 4.30. The molecule has 1 amide bonds. The van der Waals surface area contributed by atoms with Crippen molar-refractivity contribution in [3.8, 4) is 5.75 Å². The van der Waals surface area contributed by atoms with Gasteiger partial charge in [0.15, 0.2) is 0 Å². The monoisotopic (exact) mass is 330 g/mol. The zero-order valence-electron chi connectivity index (χ0n) is 13.6. The lowest BCUT2D eigenvalue weighted by molar-refractivity contribution is -0.131. The first-order valence-corrected chi connectivity index (χ1v) is 8.81. The van der Waals surface area contributed by atoms with Crippen LogP contribution >= 0.6 is 11.3 Å². The van der Waals surface area contributed by atoms with Crippen molar-refractivity contribution in [3.63, 3.8) is 0 Å². The van der Waals surface area contributed by atoms with Gasteiger partial charge in [-0.05, 0) is 25.8 Å². The zero-order chi connectivity index (χ0) is 16.2. The molecule has 2 aromatic rings. The molecule has 2 heterocycles. The summed E-state index contributed by atoms with van der Waals surface area (Å²) < 4.78 is 5.35. The number of hydrogen-bond acceptors (Lipinski definition) is 4. The van der Waals surface area contributed by atoms with Crippen molar-refractivity contribution in [2.75, 3.05) is 20.2 Å². The van der Waals surface area contributed by atoms with Crippen molar-refractivity contribution in [3.05, 3.63) is 45.9 Å². The largest absolute Gasteiger partial charge is 0.496 e. The Morgan fingerprint density at radius 3 is 3.00 bits per heavy atom. The Morgan fingerprint density at radius 2 is 2.26 bits per heavy atom. The first-order chi connectivity index (χ1) is 11.2. The summed E-state index contributed by atoms with van der Waals surface area (Å²) >= 11 is 1.75. The first-order valence-electron chi connectivity index (χ1n) is 7.99. The Kier molecular flexibility index (Phi) is 4.96. The number of hydrogen-bond donors (Lipinski definition) is 0. The van der Waals surface area contributed by atoms with E-state index in [1.54, 1.807) is 18.4 Å². The summed E-state index contributed by atoms with van der Waals surface area (Å²) in [5.74, 6) is 1.33. The lowest BCUT2D eigenvalue weighted by Gasteiger charge is -2.32. The molecular weight excluding hydrogens is 308 g/mol. The Morgan fingerprint density at radius 1 is 1.43 bits per heavy atom. The van der Waals surface area contributed by atoms with Crippen LogP contribution in [0.2, 0.25) is 0 Å². The maximum atomic E-state index is 12.7. The highest BCUT2D eigenvalue weighted by Crippen LogP contribution is 2.30. The summed E-state index contributed by atoms with van der Waals surface area (Å²) in [5, 5.41) is 1.16. The van der Waals surface area contributed by atoms with Crippen LogP contribution in [0.3, 0.4) is 0 Å². The molecule has 0 bridgehead atoms. The molecule has 0 spiro atoms. The van der Waals surface area contributed by atoms with Gasteiger partial charge in [-0.1, -0.05) is 18.2 Å². The Bertz CT molecular complexity index is 683. The molecular formula is C18H22N2O2S. The molecule has 1 fully saturated rings. The number of carbonyl (C=O) groups is 1. The number of thiazole rings is 1. The minimum Gasteiger partial charge on any atom is -0.496 e. The highest BCUT2D eigenvalue weighted by molar-refractivity contribution is 7.11. The van der Waals surface area contributed by atoms with E-state index in [4.69, 9.17) is 4.74 Å². The highest BCUT2D eigenvalue weighted by atomic mass is 32.1. The third-order valence-corrected chi connectivity index (χ3v) is 5.37. The molecule has 122 valence electrons. The molecule has 1 atom stereocenters. The van der Waals surface area contributed by atoms with Crippen LogP contribution in [-0.2, 0) is 11.2 Å². The molecule has 3 rings (SSSR count). The number of nitrogens with zero attached hydrogens (tertiary/aromatic N) is 2. The van der Waals surface area contributed by atoms with Crippen LogP contribution in [0, 0.1) is 6.92 Å². The summed E-state index contributed by atoms with van der Waals surface area (Å²) in [6.07, 6.45) is 4.48. The molecule has 1 aliphatic rings. The molecule has 5 heteroatoms. The van der Waals surface area contributed by atoms with E-state index in [2.05, 4.69) is 11.9 Å². The number of carbonyl (C=O) groups excluding carboxylic acids is 1. The molecule has 1 aromatic heterocycles. The molecule has 1 unspecified atom stereocenters. The third kappa shape index (κ3) is 3.72. The van der Waals surface area contributed by atoms with Gasteiger partial charge < -0.3 is 9.64 Å². The molecule has 0 radical (unpaired) electrons. The summed E-state index contributed by atoms with van der Waals surface area (Å²) in [4.78, 5) is 20.4. The van der Waals surface area contributed by atoms with Crippen LogP contribution < -0.4 is 4.74 Å². The standard InChI is InChI=1S/C18H22N2O2S/c1-13-11-19-18(23-13)15-7-5-9-20(12-15)17(21)10-14-6-3-4-8-16(14)22-2/h3-4,6,8,11,15H,5,7,9-10,12H2,1-2H3. The van der Waals surface area contributed by atoms with E-state index in [0.29, 0.717) is 12.3 Å². The predicted octanol–water partition coefficient (Wildman–Crippen LogP) is 3.41. The fourth-order valence-corrected chi connectivity index (χ4v) is 3.99. The fourth-order valence-electron chi connectivity index (χ4n) is 3.09. The average Bonchev–Trinajstić information content (AvgIpc) is 3.02. The highest BCUT2D eigenvalue weighted by Gasteiger charge is 2.26. The van der Waals surface area contributed by atoms with Gasteiger partial charge in [0, 0.05) is 35.6 Å². The van der Waals surface area contributed by atoms with Crippen LogP contribution in [0.25, 0.3) is 0 Å². The maximum Gasteiger partial charge on any atom is 0.227 e. The zero-order valence-corrected chi connectivity index (χ0v) is 14.4. The van der Waals surface area contributed by atoms with Gasteiger partial charge in [0.1, 0.15) is 5.75 Å². The van der Waals surface area contributed by atoms with Gasteiger partial charge >= 0.3 is 0 Å². The summed E-state index contributed by atoms with van der Waals surface area (Å²) in [6.45, 7) is 3.70. The van der Waals surface area contributed by atoms with Gasteiger partial charge in [-0.3, -0.25) is 4.79 Å². The van der Waals surface area contributed by atoms with Gasteiger partial charge in [-0.25, -0.2) is 4.98 Å². The van der Waals surface area contributed by atoms with Crippen molar-refractivity contribution in [2.24, 2.45) is 0 Å². The number of methoxy groups -OCH3 is 1. The average molecular weight is 330 g/mol. The van der Waals surface area contributed by atoms with Gasteiger partial charge in [-0.2, -0.15) is 0 Å². The second kappa shape index (κ2) is 7.13. The normalized spacial score (nSPS) is 18.0. The molecule has 23 heavy (non-hydrogen) atoms. The Balaban J connectivity index is 1.67. The van der Waals surface area contributed by atoms with Crippen molar-refractivity contribution in [1.82, 2.24) is 9.88 Å². The predicted molar refractivity (Wildman–Crippen MR) is 92.1 cm³/mol. The van der Waals surface area contributed by atoms with Gasteiger partial charge in [0.25, 0.3) is 0 Å². The maximum absolute atomic E-state index is 12.7. The number of aromatic nitrogens is 1. The minimum atomic E-state index is 0.174. The first kappa shape index (κ1) is 16.0. The molecule has 0 aliphatic carbocycles. The molecule has 4 nitrogen and oxygen atoms in total. The van der Waals surface area contributed by atoms with E-state index in [1.807, 2.05) is 35.4 Å². The smallest absolute Gasteiger partial charge is 0.227 e. The lowest BCUT2D eigenvalue weighted by atomic mass is 9.98. The second-order valence-corrected chi connectivity index (χ2v) is 7.24. The van der Waals surface area contributed by atoms with E-state index in [0.717, 1.165) is 42.3 Å². The number of rotatable bonds is 4. The molecule has 1 saturated heterocycles. The van der Waals surface area contributed by atoms with Crippen LogP contribution in [0.4, 0.5) is 0 Å². The Labute approximate surface area is 141 Å². The van der Waals surface area contributed by atoms with Crippen molar-refractivity contribution in [1.29, 1.82) is 0 Å². The van der Waals surface area contributed by atoms with E-state index in [1.165, 1.54) is 4.88 Å². The molecule has 1 aromatic carbocycles. The summed E-state index contributed by atoms with van der Waals surface area (Å²) in [7, 11) is 1.64. The van der Waals surface area contributed by atoms with Crippen LogP contribution in [0.1, 0.15) is 34.2 Å². The molecule has 0 N–H and O–H groups in total. The van der Waals surface area contributed by atoms with Gasteiger partial charge in [-0.15, -0.1) is 11.3 Å². The number of likely N-dealkylation sites (tertiary alicyclic amines) is 1. The van der Waals surface area contributed by atoms with Crippen LogP contribution in [-0.4, -0.2) is 36.0 Å². The van der Waals surface area contributed by atoms with E-state index in [-0.39, 0.29) is 5.91 Å². The summed E-state index contributed by atoms with van der Waals surface area (Å²) in [5.41, 5.74) is 0.951. The minimum absolute atomic E-state index is 0.174. The van der Waals surface area contributed by atoms with E-state index < -0.39 is 0 Å². The van der Waals surface area contributed by atoms with Crippen molar-refractivity contribution in [2.45, 2.75) is 32.1 Å². The molecule has 0 saturated carbocycles. The quantitative estimate of drug-likeness (QED) is 0.863. The van der Waals surface area contributed by atoms with E-state index >= 15 is 0 Å². The lowest BCUT2D eigenvalue weighted by Crippen LogP contribution is -2.40. The fraction of sp³-hybridized carbons (Fsp3) is 0.444. The van der Waals surface area contributed by atoms with Gasteiger partial charge in [0.2, 0.25) is 5.91 Å². The van der Waals surface area contributed by atoms with Crippen molar-refractivity contribution >= 4 is 17.2 Å². The van der Waals surface area contributed by atoms with Crippen molar-refractivity contribution < 1.29 is 9.53 Å². The Hall–Kier alpha value is -1.88. The topological polar surface area (TPSA) is 42.4 Å². The number of para-hydroxylation sites is 1. The number of benzene rings is 1. The van der Waals surface area contributed by atoms with Gasteiger partial charge in [0.05, 0.1) is 18.5 Å². The molecule has 1 aliphatic heterocycles. The second-order valence-electron chi connectivity index (χ2n) is 5.98. The number of amides is 1. The SMILES string of the molecule is COc1ccccc1CC(=O)N1CCCC(c2ncc(C)s2)C1. The number of aryl methyl sites for hydroxylation is 1. The summed E-state index contributed by atoms with van der Waals surface area (Å²) in [6, 6.07) is 7.74. The van der Waals surface area contributed by atoms with E-state index in [9.17, 15) is 4.79 Å². The number of piperidine rings is 1. The number of ether oxygens (including phenoxy) is 1.